The number of fused-ring (bicyclic) bond motifs is 1. The molecule has 1 aliphatic carbocycles. The number of carbonyl (C=O) groups excluding carboxylic acids is 1. The predicted molar refractivity (Wildman–Crippen MR) is 96.1 cm³/mol. The molecule has 0 bridgehead atoms. The Morgan fingerprint density at radius 3 is 2.64 bits per heavy atom. The molecule has 3 fully saturated rings. The molecule has 2 unspecified atom stereocenters. The van der Waals surface area contributed by atoms with Gasteiger partial charge in [0.1, 0.15) is 0 Å². The van der Waals surface area contributed by atoms with Crippen LogP contribution in [0.25, 0.3) is 0 Å². The molecule has 2 aliphatic heterocycles. The average molecular weight is 364 g/mol. The molecule has 1 saturated carbocycles. The molecule has 4 rings (SSSR count). The van der Waals surface area contributed by atoms with E-state index in [1.54, 1.807) is 6.07 Å². The summed E-state index contributed by atoms with van der Waals surface area (Å²) in [6.07, 6.45) is 4.79. The van der Waals surface area contributed by atoms with Gasteiger partial charge in [-0.2, -0.15) is 0 Å². The van der Waals surface area contributed by atoms with E-state index in [4.69, 9.17) is 11.6 Å². The van der Waals surface area contributed by atoms with Gasteiger partial charge in [-0.25, -0.2) is 0 Å². The molecule has 6 nitrogen and oxygen atoms in total. The van der Waals surface area contributed by atoms with E-state index < -0.39 is 4.92 Å². The van der Waals surface area contributed by atoms with E-state index in [0.29, 0.717) is 35.4 Å². The van der Waals surface area contributed by atoms with Gasteiger partial charge >= 0.3 is 0 Å². The second-order valence-corrected chi connectivity index (χ2v) is 7.89. The van der Waals surface area contributed by atoms with Gasteiger partial charge in [-0.1, -0.05) is 11.6 Å². The monoisotopic (exact) mass is 363 g/mol. The molecule has 25 heavy (non-hydrogen) atoms. The van der Waals surface area contributed by atoms with E-state index >= 15 is 0 Å². The minimum absolute atomic E-state index is 0.0318. The van der Waals surface area contributed by atoms with Crippen molar-refractivity contribution >= 4 is 28.9 Å². The van der Waals surface area contributed by atoms with E-state index in [2.05, 4.69) is 9.80 Å². The second kappa shape index (κ2) is 6.16. The number of halogens is 1. The molecule has 0 aromatic heterocycles. The maximum Gasteiger partial charge on any atom is 0.271 e. The number of anilines is 1. The first-order chi connectivity index (χ1) is 12.0. The summed E-state index contributed by atoms with van der Waals surface area (Å²) in [6, 6.07) is 3.85. The van der Waals surface area contributed by atoms with E-state index in [1.165, 1.54) is 6.07 Å². The Bertz CT molecular complexity index is 711. The minimum atomic E-state index is -0.408. The highest BCUT2D eigenvalue weighted by atomic mass is 35.5. The molecule has 0 spiro atoms. The van der Waals surface area contributed by atoms with Crippen molar-refractivity contribution in [3.63, 3.8) is 0 Å². The third-order valence-electron chi connectivity index (χ3n) is 5.77. The Hall–Kier alpha value is -1.82. The van der Waals surface area contributed by atoms with Crippen molar-refractivity contribution in [2.45, 2.75) is 51.1 Å². The fourth-order valence-corrected chi connectivity index (χ4v) is 4.93. The summed E-state index contributed by atoms with van der Waals surface area (Å²) in [5.74, 6) is 0.777. The molecule has 0 radical (unpaired) electrons. The maximum atomic E-state index is 12.3. The first kappa shape index (κ1) is 16.6. The van der Waals surface area contributed by atoms with Gasteiger partial charge in [0.2, 0.25) is 5.91 Å². The van der Waals surface area contributed by atoms with Gasteiger partial charge in [-0.15, -0.1) is 0 Å². The smallest absolute Gasteiger partial charge is 0.271 e. The van der Waals surface area contributed by atoms with Crippen molar-refractivity contribution in [1.82, 2.24) is 4.90 Å². The molecular formula is C18H22ClN3O3. The Balaban J connectivity index is 1.57. The largest absolute Gasteiger partial charge is 0.370 e. The van der Waals surface area contributed by atoms with Crippen LogP contribution < -0.4 is 4.90 Å². The Morgan fingerprint density at radius 2 is 2.00 bits per heavy atom. The number of nitro groups is 1. The van der Waals surface area contributed by atoms with Crippen LogP contribution in [0.15, 0.2) is 12.1 Å². The highest BCUT2D eigenvalue weighted by Crippen LogP contribution is 2.42. The quantitative estimate of drug-likeness (QED) is 0.608. The molecule has 3 aliphatic rings. The van der Waals surface area contributed by atoms with Gasteiger partial charge in [0.05, 0.1) is 15.6 Å². The van der Waals surface area contributed by atoms with Crippen LogP contribution in [0, 0.1) is 23.0 Å². The summed E-state index contributed by atoms with van der Waals surface area (Å²) in [5.41, 5.74) is 1.77. The number of hydrogen-bond acceptors (Lipinski definition) is 4. The van der Waals surface area contributed by atoms with Crippen LogP contribution in [0.4, 0.5) is 11.4 Å². The topological polar surface area (TPSA) is 66.7 Å². The Labute approximate surface area is 151 Å². The molecule has 2 heterocycles. The van der Waals surface area contributed by atoms with Crippen molar-refractivity contribution in [3.05, 3.63) is 32.8 Å². The number of carbonyl (C=O) groups is 1. The Morgan fingerprint density at radius 1 is 1.24 bits per heavy atom. The lowest BCUT2D eigenvalue weighted by Crippen LogP contribution is -2.56. The third kappa shape index (κ3) is 2.97. The van der Waals surface area contributed by atoms with Crippen LogP contribution in [0.1, 0.15) is 37.7 Å². The number of aryl methyl sites for hydroxylation is 1. The molecule has 1 aromatic carbocycles. The van der Waals surface area contributed by atoms with Gasteiger partial charge in [-0.3, -0.25) is 14.9 Å². The highest BCUT2D eigenvalue weighted by molar-refractivity contribution is 6.33. The number of benzene rings is 1. The molecular weight excluding hydrogens is 342 g/mol. The lowest BCUT2D eigenvalue weighted by Gasteiger charge is -2.48. The lowest BCUT2D eigenvalue weighted by molar-refractivity contribution is -0.384. The van der Waals surface area contributed by atoms with Gasteiger partial charge in [0.25, 0.3) is 5.69 Å². The second-order valence-electron chi connectivity index (χ2n) is 7.48. The van der Waals surface area contributed by atoms with Crippen molar-refractivity contribution in [2.24, 2.45) is 5.92 Å². The number of amides is 1. The van der Waals surface area contributed by atoms with Crippen molar-refractivity contribution < 1.29 is 9.72 Å². The van der Waals surface area contributed by atoms with Crippen molar-refractivity contribution in [1.29, 1.82) is 0 Å². The van der Waals surface area contributed by atoms with Crippen LogP contribution in [0.3, 0.4) is 0 Å². The SMILES string of the molecule is Cc1cc([N+](=O)[O-])cc(Cl)c1N1CCC2C(CCC(=O)N2C2CC2)C1. The third-order valence-corrected chi connectivity index (χ3v) is 6.06. The zero-order chi connectivity index (χ0) is 17.7. The fraction of sp³-hybridized carbons (Fsp3) is 0.611. The number of hydrogen-bond donors (Lipinski definition) is 0. The van der Waals surface area contributed by atoms with E-state index in [-0.39, 0.29) is 5.69 Å². The summed E-state index contributed by atoms with van der Waals surface area (Å²) in [4.78, 5) is 27.3. The van der Waals surface area contributed by atoms with Gasteiger partial charge in [0, 0.05) is 43.7 Å². The molecule has 1 amide bonds. The lowest BCUT2D eigenvalue weighted by atomic mass is 9.83. The maximum absolute atomic E-state index is 12.3. The average Bonchev–Trinajstić information content (AvgIpc) is 3.38. The van der Waals surface area contributed by atoms with E-state index in [0.717, 1.165) is 50.0 Å². The van der Waals surface area contributed by atoms with Gasteiger partial charge < -0.3 is 9.80 Å². The molecule has 2 atom stereocenters. The summed E-state index contributed by atoms with van der Waals surface area (Å²) in [7, 11) is 0. The first-order valence-electron chi connectivity index (χ1n) is 8.96. The molecule has 134 valence electrons. The summed E-state index contributed by atoms with van der Waals surface area (Å²) >= 11 is 6.39. The zero-order valence-corrected chi connectivity index (χ0v) is 15.0. The first-order valence-corrected chi connectivity index (χ1v) is 9.34. The number of nitro benzene ring substituents is 1. The number of nitrogens with zero attached hydrogens (tertiary/aromatic N) is 3. The predicted octanol–water partition coefficient (Wildman–Crippen LogP) is 3.54. The molecule has 7 heteroatoms. The number of likely N-dealkylation sites (tertiary alicyclic amines) is 1. The fourth-order valence-electron chi connectivity index (χ4n) is 4.55. The van der Waals surface area contributed by atoms with Crippen LogP contribution >= 0.6 is 11.6 Å². The summed E-state index contributed by atoms with van der Waals surface area (Å²) in [6.45, 7) is 3.57. The van der Waals surface area contributed by atoms with Crippen molar-refractivity contribution in [3.8, 4) is 0 Å². The Kier molecular flexibility index (Phi) is 4.10. The molecule has 2 saturated heterocycles. The van der Waals surface area contributed by atoms with Crippen molar-refractivity contribution in [2.75, 3.05) is 18.0 Å². The summed E-state index contributed by atoms with van der Waals surface area (Å²) in [5, 5.41) is 11.5. The molecule has 1 aromatic rings. The van der Waals surface area contributed by atoms with Crippen LogP contribution in [-0.2, 0) is 4.79 Å². The van der Waals surface area contributed by atoms with Crippen LogP contribution in [0.2, 0.25) is 5.02 Å². The highest BCUT2D eigenvalue weighted by Gasteiger charge is 2.45. The zero-order valence-electron chi connectivity index (χ0n) is 14.3. The van der Waals surface area contributed by atoms with Crippen LogP contribution in [0.5, 0.6) is 0 Å². The van der Waals surface area contributed by atoms with Gasteiger partial charge in [-0.05, 0) is 44.1 Å². The minimum Gasteiger partial charge on any atom is -0.370 e. The molecule has 0 N–H and O–H groups in total. The van der Waals surface area contributed by atoms with Crippen LogP contribution in [-0.4, -0.2) is 40.9 Å². The standard InChI is InChI=1S/C18H22ClN3O3/c1-11-8-14(22(24)25)9-15(19)18(11)20-7-6-16-12(10-20)2-5-17(23)21(16)13-3-4-13/h8-9,12-13,16H,2-7,10H2,1H3. The normalized spacial score (nSPS) is 26.6. The number of rotatable bonds is 3. The van der Waals surface area contributed by atoms with E-state index in [9.17, 15) is 14.9 Å². The summed E-state index contributed by atoms with van der Waals surface area (Å²) < 4.78 is 0. The number of piperidine rings is 2. The van der Waals surface area contributed by atoms with Gasteiger partial charge in [0.15, 0.2) is 0 Å². The number of non-ortho nitro benzene ring substituents is 1. The van der Waals surface area contributed by atoms with E-state index in [1.807, 2.05) is 6.92 Å².